The van der Waals surface area contributed by atoms with Crippen LogP contribution in [0.15, 0.2) is 5.38 Å². The summed E-state index contributed by atoms with van der Waals surface area (Å²) >= 11 is 1.51. The molecular formula is C18H30N4OS. The van der Waals surface area contributed by atoms with Gasteiger partial charge in [-0.25, -0.2) is 4.98 Å². The first-order valence-corrected chi connectivity index (χ1v) is 10.2. The molecule has 0 aliphatic carbocycles. The molecule has 5 nitrogen and oxygen atoms in total. The van der Waals surface area contributed by atoms with E-state index in [1.165, 1.54) is 56.5 Å². The molecule has 1 amide bonds. The molecule has 0 spiro atoms. The molecule has 0 aromatic carbocycles. The number of fused-ring (bicyclic) bond motifs is 1. The van der Waals surface area contributed by atoms with Gasteiger partial charge in [-0.15, -0.1) is 11.3 Å². The largest absolute Gasteiger partial charge is 0.361 e. The highest BCUT2D eigenvalue weighted by Crippen LogP contribution is 2.30. The summed E-state index contributed by atoms with van der Waals surface area (Å²) in [5.74, 6) is 1.13. The number of hydrogen-bond donors (Lipinski definition) is 2. The van der Waals surface area contributed by atoms with Crippen LogP contribution in [0.4, 0.5) is 5.13 Å². The molecule has 1 aromatic heterocycles. The Hall–Kier alpha value is -1.14. The van der Waals surface area contributed by atoms with Gasteiger partial charge in [-0.2, -0.15) is 0 Å². The van der Waals surface area contributed by atoms with Crippen molar-refractivity contribution in [1.82, 2.24) is 15.2 Å². The van der Waals surface area contributed by atoms with Crippen molar-refractivity contribution in [1.29, 1.82) is 0 Å². The molecule has 6 heteroatoms. The van der Waals surface area contributed by atoms with Crippen LogP contribution in [0.2, 0.25) is 0 Å². The Morgan fingerprint density at radius 3 is 3.00 bits per heavy atom. The summed E-state index contributed by atoms with van der Waals surface area (Å²) in [5, 5.41) is 9.10. The van der Waals surface area contributed by atoms with Gasteiger partial charge in [0.25, 0.3) is 5.91 Å². The number of piperidine rings is 2. The Bertz CT molecular complexity index is 543. The SMILES string of the molecule is CC(C)CNc1nc(C(=O)NC[C@@H]2CCCN3CCCC[C@H]23)cs1. The Labute approximate surface area is 149 Å². The minimum Gasteiger partial charge on any atom is -0.361 e. The van der Waals surface area contributed by atoms with Gasteiger partial charge in [-0.3, -0.25) is 4.79 Å². The zero-order valence-electron chi connectivity index (χ0n) is 14.9. The second-order valence-corrected chi connectivity index (χ2v) is 8.38. The predicted molar refractivity (Wildman–Crippen MR) is 99.7 cm³/mol. The molecule has 24 heavy (non-hydrogen) atoms. The van der Waals surface area contributed by atoms with E-state index in [2.05, 4.69) is 34.4 Å². The minimum atomic E-state index is -0.0308. The molecule has 0 unspecified atom stereocenters. The summed E-state index contributed by atoms with van der Waals surface area (Å²) < 4.78 is 0. The summed E-state index contributed by atoms with van der Waals surface area (Å²) in [7, 11) is 0. The van der Waals surface area contributed by atoms with Gasteiger partial charge in [0.2, 0.25) is 0 Å². The van der Waals surface area contributed by atoms with Crippen molar-refractivity contribution in [2.24, 2.45) is 11.8 Å². The summed E-state index contributed by atoms with van der Waals surface area (Å²) in [4.78, 5) is 19.4. The Kier molecular flexibility index (Phi) is 6.11. The third-order valence-electron chi connectivity index (χ3n) is 5.15. The molecule has 2 atom stereocenters. The van der Waals surface area contributed by atoms with E-state index in [9.17, 15) is 4.79 Å². The number of aromatic nitrogens is 1. The molecule has 134 valence electrons. The number of nitrogens with zero attached hydrogens (tertiary/aromatic N) is 2. The number of nitrogens with one attached hydrogen (secondary N) is 2. The molecule has 0 saturated carbocycles. The second kappa shape index (κ2) is 8.30. The highest BCUT2D eigenvalue weighted by atomic mass is 32.1. The van der Waals surface area contributed by atoms with E-state index in [4.69, 9.17) is 0 Å². The van der Waals surface area contributed by atoms with Crippen LogP contribution in [-0.4, -0.2) is 48.0 Å². The quantitative estimate of drug-likeness (QED) is 0.827. The number of thiazole rings is 1. The van der Waals surface area contributed by atoms with Gasteiger partial charge in [-0.05, 0) is 50.6 Å². The fourth-order valence-electron chi connectivity index (χ4n) is 3.88. The molecule has 2 aliphatic rings. The molecule has 3 heterocycles. The van der Waals surface area contributed by atoms with Crippen LogP contribution in [0.3, 0.4) is 0 Å². The fourth-order valence-corrected chi connectivity index (χ4v) is 4.58. The van der Waals surface area contributed by atoms with Gasteiger partial charge >= 0.3 is 0 Å². The number of carbonyl (C=O) groups is 1. The average molecular weight is 351 g/mol. The fraction of sp³-hybridized carbons (Fsp3) is 0.778. The maximum atomic E-state index is 12.4. The first-order chi connectivity index (χ1) is 11.6. The van der Waals surface area contributed by atoms with Crippen LogP contribution < -0.4 is 10.6 Å². The maximum absolute atomic E-state index is 12.4. The highest BCUT2D eigenvalue weighted by Gasteiger charge is 2.33. The van der Waals surface area contributed by atoms with E-state index in [-0.39, 0.29) is 5.91 Å². The van der Waals surface area contributed by atoms with Crippen LogP contribution in [0.25, 0.3) is 0 Å². The Morgan fingerprint density at radius 2 is 2.17 bits per heavy atom. The van der Waals surface area contributed by atoms with E-state index in [0.717, 1.165) is 18.2 Å². The Balaban J connectivity index is 1.49. The molecule has 1 aromatic rings. The summed E-state index contributed by atoms with van der Waals surface area (Å²) in [6.07, 6.45) is 6.46. The third-order valence-corrected chi connectivity index (χ3v) is 5.95. The van der Waals surface area contributed by atoms with Gasteiger partial charge in [0.15, 0.2) is 5.13 Å². The van der Waals surface area contributed by atoms with E-state index in [1.807, 2.05) is 5.38 Å². The molecule has 0 radical (unpaired) electrons. The molecule has 3 rings (SSSR count). The van der Waals surface area contributed by atoms with Crippen molar-refractivity contribution in [3.8, 4) is 0 Å². The van der Waals surface area contributed by atoms with Crippen LogP contribution in [0, 0.1) is 11.8 Å². The van der Waals surface area contributed by atoms with E-state index >= 15 is 0 Å². The normalized spacial score (nSPS) is 24.6. The topological polar surface area (TPSA) is 57.3 Å². The van der Waals surface area contributed by atoms with Crippen molar-refractivity contribution in [2.45, 2.75) is 52.0 Å². The lowest BCUT2D eigenvalue weighted by Gasteiger charge is -2.44. The predicted octanol–water partition coefficient (Wildman–Crippen LogP) is 3.21. The van der Waals surface area contributed by atoms with Gasteiger partial charge < -0.3 is 15.5 Å². The summed E-state index contributed by atoms with van der Waals surface area (Å²) in [6, 6.07) is 0.673. The van der Waals surface area contributed by atoms with Crippen molar-refractivity contribution >= 4 is 22.4 Å². The molecule has 2 aliphatic heterocycles. The zero-order chi connectivity index (χ0) is 16.9. The third kappa shape index (κ3) is 4.48. The number of anilines is 1. The lowest BCUT2D eigenvalue weighted by molar-refractivity contribution is 0.0575. The second-order valence-electron chi connectivity index (χ2n) is 7.52. The van der Waals surface area contributed by atoms with Gasteiger partial charge in [-0.1, -0.05) is 20.3 Å². The molecular weight excluding hydrogens is 320 g/mol. The average Bonchev–Trinajstić information content (AvgIpc) is 3.07. The first kappa shape index (κ1) is 17.7. The lowest BCUT2D eigenvalue weighted by Crippen LogP contribution is -2.51. The van der Waals surface area contributed by atoms with E-state index in [1.54, 1.807) is 0 Å². The lowest BCUT2D eigenvalue weighted by atomic mass is 9.83. The van der Waals surface area contributed by atoms with Crippen molar-refractivity contribution < 1.29 is 4.79 Å². The van der Waals surface area contributed by atoms with Crippen LogP contribution in [0.5, 0.6) is 0 Å². The standard InChI is InChI=1S/C18H30N4OS/c1-13(2)10-20-18-21-15(12-24-18)17(23)19-11-14-6-5-9-22-8-4-3-7-16(14)22/h12-14,16H,3-11H2,1-2H3,(H,19,23)(H,20,21)/t14-,16+/m0/s1. The Morgan fingerprint density at radius 1 is 1.33 bits per heavy atom. The van der Waals surface area contributed by atoms with Gasteiger partial charge in [0, 0.05) is 24.5 Å². The number of hydrogen-bond acceptors (Lipinski definition) is 5. The number of amides is 1. The van der Waals surface area contributed by atoms with Crippen molar-refractivity contribution in [3.63, 3.8) is 0 Å². The molecule has 2 saturated heterocycles. The first-order valence-electron chi connectivity index (χ1n) is 9.35. The zero-order valence-corrected chi connectivity index (χ0v) is 15.7. The molecule has 0 bridgehead atoms. The molecule has 2 N–H and O–H groups in total. The summed E-state index contributed by atoms with van der Waals surface area (Å²) in [6.45, 7) is 8.47. The van der Waals surface area contributed by atoms with E-state index in [0.29, 0.717) is 23.6 Å². The summed E-state index contributed by atoms with van der Waals surface area (Å²) in [5.41, 5.74) is 0.544. The van der Waals surface area contributed by atoms with E-state index < -0.39 is 0 Å². The van der Waals surface area contributed by atoms with Gasteiger partial charge in [0.1, 0.15) is 5.69 Å². The smallest absolute Gasteiger partial charge is 0.270 e. The number of rotatable bonds is 6. The highest BCUT2D eigenvalue weighted by molar-refractivity contribution is 7.13. The van der Waals surface area contributed by atoms with Crippen molar-refractivity contribution in [3.05, 3.63) is 11.1 Å². The monoisotopic (exact) mass is 350 g/mol. The van der Waals surface area contributed by atoms with Gasteiger partial charge in [0.05, 0.1) is 0 Å². The molecule has 2 fully saturated rings. The van der Waals surface area contributed by atoms with Crippen LogP contribution in [0.1, 0.15) is 56.4 Å². The number of carbonyl (C=O) groups excluding carboxylic acids is 1. The minimum absolute atomic E-state index is 0.0308. The van der Waals surface area contributed by atoms with Crippen molar-refractivity contribution in [2.75, 3.05) is 31.5 Å². The van der Waals surface area contributed by atoms with Crippen LogP contribution >= 0.6 is 11.3 Å². The van der Waals surface area contributed by atoms with Crippen LogP contribution in [-0.2, 0) is 0 Å². The maximum Gasteiger partial charge on any atom is 0.270 e.